The summed E-state index contributed by atoms with van der Waals surface area (Å²) in [6.45, 7) is 6.84. The van der Waals surface area contributed by atoms with Gasteiger partial charge in [-0.2, -0.15) is 5.10 Å². The molecule has 1 aromatic heterocycles. The van der Waals surface area contributed by atoms with Gasteiger partial charge in [0, 0.05) is 26.0 Å². The van der Waals surface area contributed by atoms with Crippen LogP contribution in [-0.2, 0) is 11.3 Å². The zero-order valence-corrected chi connectivity index (χ0v) is 8.49. The standard InChI is InChI=1S/C10H18N2O/c1-3-6-13-7-4-5-12-9-10(2)8-11-12/h8-9H,3-7H2,1-2H3. The number of aryl methyl sites for hydroxylation is 2. The first-order valence-corrected chi connectivity index (χ1v) is 4.89. The third-order valence-corrected chi connectivity index (χ3v) is 1.79. The largest absolute Gasteiger partial charge is 0.381 e. The second-order valence-electron chi connectivity index (χ2n) is 3.25. The lowest BCUT2D eigenvalue weighted by atomic mass is 10.4. The second-order valence-corrected chi connectivity index (χ2v) is 3.25. The molecule has 1 aromatic rings. The number of aromatic nitrogens is 2. The average molecular weight is 182 g/mol. The molecule has 0 aliphatic rings. The van der Waals surface area contributed by atoms with Gasteiger partial charge in [-0.25, -0.2) is 0 Å². The first kappa shape index (κ1) is 10.3. The van der Waals surface area contributed by atoms with E-state index < -0.39 is 0 Å². The van der Waals surface area contributed by atoms with Crippen LogP contribution in [0.5, 0.6) is 0 Å². The van der Waals surface area contributed by atoms with Gasteiger partial charge in [0.2, 0.25) is 0 Å². The van der Waals surface area contributed by atoms with Gasteiger partial charge < -0.3 is 4.74 Å². The molecular formula is C10H18N2O. The summed E-state index contributed by atoms with van der Waals surface area (Å²) in [5.74, 6) is 0. The first-order valence-electron chi connectivity index (χ1n) is 4.89. The molecule has 0 aromatic carbocycles. The highest BCUT2D eigenvalue weighted by atomic mass is 16.5. The van der Waals surface area contributed by atoms with E-state index in [1.54, 1.807) is 0 Å². The summed E-state index contributed by atoms with van der Waals surface area (Å²) < 4.78 is 7.33. The van der Waals surface area contributed by atoms with Crippen molar-refractivity contribution in [2.24, 2.45) is 0 Å². The highest BCUT2D eigenvalue weighted by Gasteiger charge is 1.93. The molecule has 74 valence electrons. The van der Waals surface area contributed by atoms with Gasteiger partial charge in [0.25, 0.3) is 0 Å². The molecule has 0 saturated carbocycles. The van der Waals surface area contributed by atoms with Crippen molar-refractivity contribution in [3.63, 3.8) is 0 Å². The number of ether oxygens (including phenoxy) is 1. The van der Waals surface area contributed by atoms with Crippen LogP contribution in [0.1, 0.15) is 25.3 Å². The van der Waals surface area contributed by atoms with Crippen molar-refractivity contribution in [3.8, 4) is 0 Å². The smallest absolute Gasteiger partial charge is 0.0518 e. The lowest BCUT2D eigenvalue weighted by Crippen LogP contribution is -2.03. The van der Waals surface area contributed by atoms with E-state index >= 15 is 0 Å². The average Bonchev–Trinajstić information content (AvgIpc) is 2.51. The molecule has 0 saturated heterocycles. The summed E-state index contributed by atoms with van der Waals surface area (Å²) in [7, 11) is 0. The minimum absolute atomic E-state index is 0.840. The molecule has 0 amide bonds. The lowest BCUT2D eigenvalue weighted by molar-refractivity contribution is 0.128. The number of rotatable bonds is 6. The maximum Gasteiger partial charge on any atom is 0.0518 e. The van der Waals surface area contributed by atoms with Crippen LogP contribution in [0.15, 0.2) is 12.4 Å². The van der Waals surface area contributed by atoms with Crippen molar-refractivity contribution < 1.29 is 4.74 Å². The van der Waals surface area contributed by atoms with E-state index in [4.69, 9.17) is 4.74 Å². The number of hydrogen-bond acceptors (Lipinski definition) is 2. The van der Waals surface area contributed by atoms with Crippen molar-refractivity contribution in [1.82, 2.24) is 9.78 Å². The Morgan fingerprint density at radius 1 is 1.46 bits per heavy atom. The molecule has 0 atom stereocenters. The molecule has 1 heterocycles. The van der Waals surface area contributed by atoms with Crippen LogP contribution < -0.4 is 0 Å². The van der Waals surface area contributed by atoms with E-state index in [2.05, 4.69) is 25.1 Å². The molecular weight excluding hydrogens is 164 g/mol. The topological polar surface area (TPSA) is 27.1 Å². The Bertz CT molecular complexity index is 233. The predicted molar refractivity (Wildman–Crippen MR) is 52.7 cm³/mol. The molecule has 13 heavy (non-hydrogen) atoms. The zero-order valence-electron chi connectivity index (χ0n) is 8.49. The molecule has 0 fully saturated rings. The van der Waals surface area contributed by atoms with E-state index in [9.17, 15) is 0 Å². The molecule has 0 spiro atoms. The molecule has 0 aliphatic carbocycles. The summed E-state index contributed by atoms with van der Waals surface area (Å²) in [6, 6.07) is 0. The molecule has 3 nitrogen and oxygen atoms in total. The number of hydrogen-bond donors (Lipinski definition) is 0. The van der Waals surface area contributed by atoms with E-state index in [0.717, 1.165) is 32.6 Å². The quantitative estimate of drug-likeness (QED) is 0.629. The molecule has 3 heteroatoms. The van der Waals surface area contributed by atoms with Gasteiger partial charge in [-0.1, -0.05) is 6.92 Å². The summed E-state index contributed by atoms with van der Waals surface area (Å²) in [5, 5.41) is 4.19. The zero-order chi connectivity index (χ0) is 9.52. The Hall–Kier alpha value is -0.830. The molecule has 0 N–H and O–H groups in total. The van der Waals surface area contributed by atoms with Crippen LogP contribution in [0.25, 0.3) is 0 Å². The fourth-order valence-electron chi connectivity index (χ4n) is 1.16. The Morgan fingerprint density at radius 2 is 2.31 bits per heavy atom. The van der Waals surface area contributed by atoms with Crippen molar-refractivity contribution >= 4 is 0 Å². The fourth-order valence-corrected chi connectivity index (χ4v) is 1.16. The van der Waals surface area contributed by atoms with Crippen LogP contribution in [-0.4, -0.2) is 23.0 Å². The van der Waals surface area contributed by atoms with E-state index in [-0.39, 0.29) is 0 Å². The minimum Gasteiger partial charge on any atom is -0.381 e. The van der Waals surface area contributed by atoms with Crippen molar-refractivity contribution in [1.29, 1.82) is 0 Å². The monoisotopic (exact) mass is 182 g/mol. The minimum atomic E-state index is 0.840. The molecule has 0 aliphatic heterocycles. The highest BCUT2D eigenvalue weighted by Crippen LogP contribution is 1.96. The molecule has 1 rings (SSSR count). The summed E-state index contributed by atoms with van der Waals surface area (Å²) >= 11 is 0. The van der Waals surface area contributed by atoms with Gasteiger partial charge in [0.1, 0.15) is 0 Å². The van der Waals surface area contributed by atoms with Crippen LogP contribution >= 0.6 is 0 Å². The van der Waals surface area contributed by atoms with Gasteiger partial charge in [-0.05, 0) is 25.3 Å². The van der Waals surface area contributed by atoms with Crippen LogP contribution in [0.4, 0.5) is 0 Å². The van der Waals surface area contributed by atoms with Crippen molar-refractivity contribution in [2.75, 3.05) is 13.2 Å². The normalized spacial score (nSPS) is 10.6. The third-order valence-electron chi connectivity index (χ3n) is 1.79. The van der Waals surface area contributed by atoms with Gasteiger partial charge in [0.05, 0.1) is 6.20 Å². The van der Waals surface area contributed by atoms with Crippen molar-refractivity contribution in [3.05, 3.63) is 18.0 Å². The fraction of sp³-hybridized carbons (Fsp3) is 0.700. The molecule has 0 bridgehead atoms. The Kier molecular flexibility index (Phi) is 4.54. The van der Waals surface area contributed by atoms with Gasteiger partial charge in [-0.15, -0.1) is 0 Å². The van der Waals surface area contributed by atoms with Crippen LogP contribution in [0, 0.1) is 6.92 Å². The summed E-state index contributed by atoms with van der Waals surface area (Å²) in [5.41, 5.74) is 1.22. The maximum atomic E-state index is 5.37. The van der Waals surface area contributed by atoms with E-state index in [0.29, 0.717) is 0 Å². The Balaban J connectivity index is 2.06. The van der Waals surface area contributed by atoms with E-state index in [1.165, 1.54) is 5.56 Å². The Labute approximate surface area is 79.7 Å². The Morgan fingerprint density at radius 3 is 2.92 bits per heavy atom. The highest BCUT2D eigenvalue weighted by molar-refractivity contribution is 4.99. The molecule has 0 radical (unpaired) electrons. The SMILES string of the molecule is CCCOCCCn1cc(C)cn1. The predicted octanol–water partition coefficient (Wildman–Crippen LogP) is 2.01. The van der Waals surface area contributed by atoms with Gasteiger partial charge in [0.15, 0.2) is 0 Å². The van der Waals surface area contributed by atoms with Crippen LogP contribution in [0.3, 0.4) is 0 Å². The van der Waals surface area contributed by atoms with Gasteiger partial charge in [-0.3, -0.25) is 4.68 Å². The third kappa shape index (κ3) is 4.08. The summed E-state index contributed by atoms with van der Waals surface area (Å²) in [4.78, 5) is 0. The summed E-state index contributed by atoms with van der Waals surface area (Å²) in [6.07, 6.45) is 6.08. The van der Waals surface area contributed by atoms with Gasteiger partial charge >= 0.3 is 0 Å². The van der Waals surface area contributed by atoms with E-state index in [1.807, 2.05) is 10.9 Å². The first-order chi connectivity index (χ1) is 6.33. The van der Waals surface area contributed by atoms with Crippen molar-refractivity contribution in [2.45, 2.75) is 33.2 Å². The maximum absolute atomic E-state index is 5.37. The second kappa shape index (κ2) is 5.75. The molecule has 0 unspecified atom stereocenters. The number of nitrogens with zero attached hydrogens (tertiary/aromatic N) is 2. The lowest BCUT2D eigenvalue weighted by Gasteiger charge is -2.02. The van der Waals surface area contributed by atoms with Crippen LogP contribution in [0.2, 0.25) is 0 Å².